The minimum absolute atomic E-state index is 0.00745. The first-order chi connectivity index (χ1) is 9.20. The number of halogens is 1. The molecule has 1 saturated heterocycles. The van der Waals surface area contributed by atoms with Gasteiger partial charge in [-0.25, -0.2) is 0 Å². The van der Waals surface area contributed by atoms with Crippen molar-refractivity contribution in [2.75, 3.05) is 26.2 Å². The molecule has 0 amide bonds. The second-order valence-corrected chi connectivity index (χ2v) is 5.97. The van der Waals surface area contributed by atoms with Gasteiger partial charge < -0.3 is 9.64 Å². The molecule has 106 valence electrons. The van der Waals surface area contributed by atoms with Crippen molar-refractivity contribution in [3.05, 3.63) is 29.8 Å². The van der Waals surface area contributed by atoms with E-state index < -0.39 is 0 Å². The number of piperidine rings is 1. The SMILES string of the molecule is CCOc1ccccc1C(Cl)CN1CCCC(C)C1. The van der Waals surface area contributed by atoms with E-state index in [1.807, 2.05) is 25.1 Å². The summed E-state index contributed by atoms with van der Waals surface area (Å²) in [5.74, 6) is 1.72. The Hall–Kier alpha value is -0.730. The molecule has 1 aliphatic heterocycles. The van der Waals surface area contributed by atoms with E-state index in [1.165, 1.54) is 25.9 Å². The Balaban J connectivity index is 2.00. The zero-order valence-corrected chi connectivity index (χ0v) is 12.7. The minimum atomic E-state index is 0.00745. The van der Waals surface area contributed by atoms with Gasteiger partial charge in [0.2, 0.25) is 0 Å². The Bertz CT molecular complexity index is 396. The van der Waals surface area contributed by atoms with Crippen LogP contribution in [0.1, 0.15) is 37.6 Å². The third kappa shape index (κ3) is 4.12. The summed E-state index contributed by atoms with van der Waals surface area (Å²) in [6.45, 7) is 8.26. The van der Waals surface area contributed by atoms with Crippen LogP contribution in [0.2, 0.25) is 0 Å². The molecule has 2 unspecified atom stereocenters. The number of ether oxygens (including phenoxy) is 1. The highest BCUT2D eigenvalue weighted by atomic mass is 35.5. The van der Waals surface area contributed by atoms with Crippen LogP contribution >= 0.6 is 11.6 Å². The Morgan fingerprint density at radius 3 is 2.95 bits per heavy atom. The van der Waals surface area contributed by atoms with Crippen LogP contribution in [0.5, 0.6) is 5.75 Å². The fourth-order valence-electron chi connectivity index (χ4n) is 2.80. The van der Waals surface area contributed by atoms with Gasteiger partial charge in [0.05, 0.1) is 12.0 Å². The second kappa shape index (κ2) is 7.16. The standard InChI is InChI=1S/C16H24ClNO/c1-3-19-16-9-5-4-8-14(16)15(17)12-18-10-6-7-13(2)11-18/h4-5,8-9,13,15H,3,6-7,10-12H2,1-2H3. The molecule has 0 radical (unpaired) electrons. The molecule has 1 aliphatic rings. The summed E-state index contributed by atoms with van der Waals surface area (Å²) < 4.78 is 5.67. The molecule has 0 spiro atoms. The highest BCUT2D eigenvalue weighted by Gasteiger charge is 2.21. The van der Waals surface area contributed by atoms with Crippen LogP contribution < -0.4 is 4.74 Å². The number of benzene rings is 1. The molecule has 3 heteroatoms. The summed E-state index contributed by atoms with van der Waals surface area (Å²) in [7, 11) is 0. The topological polar surface area (TPSA) is 12.5 Å². The molecule has 2 rings (SSSR count). The Morgan fingerprint density at radius 1 is 1.42 bits per heavy atom. The predicted octanol–water partition coefficient (Wildman–Crippen LogP) is 4.10. The zero-order chi connectivity index (χ0) is 13.7. The molecule has 1 fully saturated rings. The number of alkyl halides is 1. The highest BCUT2D eigenvalue weighted by molar-refractivity contribution is 6.21. The van der Waals surface area contributed by atoms with Crippen LogP contribution in [0.4, 0.5) is 0 Å². The third-order valence-corrected chi connectivity index (χ3v) is 4.09. The van der Waals surface area contributed by atoms with Gasteiger partial charge >= 0.3 is 0 Å². The first kappa shape index (κ1) is 14.7. The van der Waals surface area contributed by atoms with Crippen LogP contribution in [0.25, 0.3) is 0 Å². The van der Waals surface area contributed by atoms with Gasteiger partial charge in [0.25, 0.3) is 0 Å². The van der Waals surface area contributed by atoms with Crippen LogP contribution in [-0.2, 0) is 0 Å². The molecule has 1 aromatic rings. The molecule has 0 bridgehead atoms. The van der Waals surface area contributed by atoms with Crippen molar-refractivity contribution in [1.82, 2.24) is 4.90 Å². The summed E-state index contributed by atoms with van der Waals surface area (Å²) in [6.07, 6.45) is 2.64. The van der Waals surface area contributed by atoms with E-state index in [0.29, 0.717) is 6.61 Å². The third-order valence-electron chi connectivity index (χ3n) is 3.72. The van der Waals surface area contributed by atoms with E-state index in [2.05, 4.69) is 17.9 Å². The zero-order valence-electron chi connectivity index (χ0n) is 11.9. The fourth-order valence-corrected chi connectivity index (χ4v) is 3.18. The number of hydrogen-bond donors (Lipinski definition) is 0. The van der Waals surface area contributed by atoms with Gasteiger partial charge in [0.1, 0.15) is 5.75 Å². The number of nitrogens with zero attached hydrogens (tertiary/aromatic N) is 1. The quantitative estimate of drug-likeness (QED) is 0.754. The van der Waals surface area contributed by atoms with E-state index in [1.54, 1.807) is 0 Å². The van der Waals surface area contributed by atoms with Crippen LogP contribution in [0.3, 0.4) is 0 Å². The minimum Gasteiger partial charge on any atom is -0.494 e. The molecule has 1 aromatic carbocycles. The van der Waals surface area contributed by atoms with Crippen molar-refractivity contribution < 1.29 is 4.74 Å². The van der Waals surface area contributed by atoms with Crippen LogP contribution in [-0.4, -0.2) is 31.1 Å². The van der Waals surface area contributed by atoms with Crippen LogP contribution in [0, 0.1) is 5.92 Å². The lowest BCUT2D eigenvalue weighted by Crippen LogP contribution is -2.36. The largest absolute Gasteiger partial charge is 0.494 e. The maximum absolute atomic E-state index is 6.61. The van der Waals surface area contributed by atoms with Crippen molar-refractivity contribution in [2.24, 2.45) is 5.92 Å². The van der Waals surface area contributed by atoms with E-state index in [4.69, 9.17) is 16.3 Å². The number of hydrogen-bond acceptors (Lipinski definition) is 2. The van der Waals surface area contributed by atoms with Crippen LogP contribution in [0.15, 0.2) is 24.3 Å². The average molecular weight is 282 g/mol. The molecule has 19 heavy (non-hydrogen) atoms. The fraction of sp³-hybridized carbons (Fsp3) is 0.625. The first-order valence-electron chi connectivity index (χ1n) is 7.28. The summed E-state index contributed by atoms with van der Waals surface area (Å²) in [5, 5.41) is 0.00745. The lowest BCUT2D eigenvalue weighted by Gasteiger charge is -2.32. The van der Waals surface area contributed by atoms with E-state index >= 15 is 0 Å². The van der Waals surface area contributed by atoms with Gasteiger partial charge in [0.15, 0.2) is 0 Å². The van der Waals surface area contributed by atoms with Crippen molar-refractivity contribution in [3.8, 4) is 5.75 Å². The van der Waals surface area contributed by atoms with E-state index in [0.717, 1.165) is 23.8 Å². The van der Waals surface area contributed by atoms with Gasteiger partial charge in [-0.3, -0.25) is 0 Å². The van der Waals surface area contributed by atoms with Crippen molar-refractivity contribution >= 4 is 11.6 Å². The maximum Gasteiger partial charge on any atom is 0.124 e. The molecule has 1 heterocycles. The van der Waals surface area contributed by atoms with Crippen molar-refractivity contribution in [1.29, 1.82) is 0 Å². The second-order valence-electron chi connectivity index (χ2n) is 5.45. The number of rotatable bonds is 5. The lowest BCUT2D eigenvalue weighted by atomic mass is 9.99. The van der Waals surface area contributed by atoms with Gasteiger partial charge in [0, 0.05) is 18.7 Å². The van der Waals surface area contributed by atoms with Gasteiger partial charge in [-0.1, -0.05) is 25.1 Å². The van der Waals surface area contributed by atoms with E-state index in [9.17, 15) is 0 Å². The van der Waals surface area contributed by atoms with Gasteiger partial charge in [-0.05, 0) is 38.3 Å². The number of para-hydroxylation sites is 1. The monoisotopic (exact) mass is 281 g/mol. The summed E-state index contributed by atoms with van der Waals surface area (Å²) in [4.78, 5) is 2.48. The summed E-state index contributed by atoms with van der Waals surface area (Å²) >= 11 is 6.61. The van der Waals surface area contributed by atoms with E-state index in [-0.39, 0.29) is 5.38 Å². The van der Waals surface area contributed by atoms with Gasteiger partial charge in [-0.2, -0.15) is 0 Å². The average Bonchev–Trinajstić information content (AvgIpc) is 2.39. The predicted molar refractivity (Wildman–Crippen MR) is 81.0 cm³/mol. The Morgan fingerprint density at radius 2 is 2.21 bits per heavy atom. The molecule has 2 nitrogen and oxygen atoms in total. The maximum atomic E-state index is 6.61. The number of likely N-dealkylation sites (tertiary alicyclic amines) is 1. The molecule has 0 aliphatic carbocycles. The normalized spacial score (nSPS) is 22.2. The van der Waals surface area contributed by atoms with Crippen molar-refractivity contribution in [3.63, 3.8) is 0 Å². The summed E-state index contributed by atoms with van der Waals surface area (Å²) in [6, 6.07) is 8.12. The molecule has 2 atom stereocenters. The molecule has 0 aromatic heterocycles. The van der Waals surface area contributed by atoms with Crippen molar-refractivity contribution in [2.45, 2.75) is 32.1 Å². The Kier molecular flexibility index (Phi) is 5.53. The molecule has 0 N–H and O–H groups in total. The molecular formula is C16H24ClNO. The Labute approximate surface area is 121 Å². The molecule has 0 saturated carbocycles. The lowest BCUT2D eigenvalue weighted by molar-refractivity contribution is 0.183. The summed E-state index contributed by atoms with van der Waals surface area (Å²) in [5.41, 5.74) is 1.12. The highest BCUT2D eigenvalue weighted by Crippen LogP contribution is 2.31. The smallest absolute Gasteiger partial charge is 0.124 e. The molecular weight excluding hydrogens is 258 g/mol. The first-order valence-corrected chi connectivity index (χ1v) is 7.72. The van der Waals surface area contributed by atoms with Gasteiger partial charge in [-0.15, -0.1) is 11.6 Å².